The predicted octanol–water partition coefficient (Wildman–Crippen LogP) is 2.92. The maximum atomic E-state index is 12.6. The summed E-state index contributed by atoms with van der Waals surface area (Å²) in [7, 11) is 3.96. The molecule has 1 aliphatic heterocycles. The van der Waals surface area contributed by atoms with Gasteiger partial charge in [0.15, 0.2) is 0 Å². The highest BCUT2D eigenvalue weighted by atomic mass is 16.5. The van der Waals surface area contributed by atoms with Crippen molar-refractivity contribution in [1.82, 2.24) is 5.06 Å². The SMILES string of the molecule is CN(C)c1ccc(C2=C(C=O)C(C)(C)N([O])C2(C)C)cc1. The van der Waals surface area contributed by atoms with Crippen LogP contribution >= 0.6 is 0 Å². The number of anilines is 1. The van der Waals surface area contributed by atoms with Crippen LogP contribution in [0.3, 0.4) is 0 Å². The molecule has 0 atom stereocenters. The summed E-state index contributed by atoms with van der Waals surface area (Å²) in [6, 6.07) is 7.96. The van der Waals surface area contributed by atoms with Gasteiger partial charge in [0.2, 0.25) is 0 Å². The molecule has 1 heterocycles. The van der Waals surface area contributed by atoms with E-state index in [1.165, 1.54) is 0 Å². The Morgan fingerprint density at radius 1 is 1.00 bits per heavy atom. The van der Waals surface area contributed by atoms with Gasteiger partial charge in [-0.3, -0.25) is 4.79 Å². The van der Waals surface area contributed by atoms with Crippen molar-refractivity contribution < 1.29 is 10.0 Å². The Kier molecular flexibility index (Phi) is 3.72. The average molecular weight is 287 g/mol. The second-order valence-corrected chi connectivity index (χ2v) is 6.76. The van der Waals surface area contributed by atoms with Crippen LogP contribution in [0.5, 0.6) is 0 Å². The van der Waals surface area contributed by atoms with Gasteiger partial charge >= 0.3 is 0 Å². The number of nitrogens with zero attached hydrogens (tertiary/aromatic N) is 2. The van der Waals surface area contributed by atoms with Crippen molar-refractivity contribution in [2.75, 3.05) is 19.0 Å². The van der Waals surface area contributed by atoms with E-state index in [1.807, 2.05) is 57.1 Å². The van der Waals surface area contributed by atoms with Crippen molar-refractivity contribution in [2.24, 2.45) is 0 Å². The number of benzene rings is 1. The van der Waals surface area contributed by atoms with E-state index in [1.54, 1.807) is 13.8 Å². The van der Waals surface area contributed by atoms with Crippen molar-refractivity contribution in [3.8, 4) is 0 Å². The van der Waals surface area contributed by atoms with E-state index in [2.05, 4.69) is 0 Å². The van der Waals surface area contributed by atoms with Crippen molar-refractivity contribution in [1.29, 1.82) is 0 Å². The lowest BCUT2D eigenvalue weighted by molar-refractivity contribution is -0.236. The molecule has 0 fully saturated rings. The first-order valence-electron chi connectivity index (χ1n) is 7.09. The number of hydroxylamine groups is 2. The number of hydrogen-bond donors (Lipinski definition) is 0. The predicted molar refractivity (Wildman–Crippen MR) is 84.4 cm³/mol. The van der Waals surface area contributed by atoms with Gasteiger partial charge in [0.1, 0.15) is 6.29 Å². The third-order valence-electron chi connectivity index (χ3n) is 4.35. The van der Waals surface area contributed by atoms with Crippen molar-refractivity contribution in [3.63, 3.8) is 0 Å². The summed E-state index contributed by atoms with van der Waals surface area (Å²) >= 11 is 0. The summed E-state index contributed by atoms with van der Waals surface area (Å²) in [5.74, 6) is 0. The van der Waals surface area contributed by atoms with Gasteiger partial charge in [0, 0.05) is 25.4 Å². The Hall–Kier alpha value is -1.65. The molecule has 1 aliphatic rings. The smallest absolute Gasteiger partial charge is 0.148 e. The fraction of sp³-hybridized carbons (Fsp3) is 0.471. The van der Waals surface area contributed by atoms with E-state index < -0.39 is 11.1 Å². The van der Waals surface area contributed by atoms with Gasteiger partial charge < -0.3 is 4.90 Å². The summed E-state index contributed by atoms with van der Waals surface area (Å²) in [5.41, 5.74) is 1.88. The molecule has 113 valence electrons. The first kappa shape index (κ1) is 15.7. The van der Waals surface area contributed by atoms with Crippen LogP contribution in [-0.2, 0) is 10.0 Å². The van der Waals surface area contributed by atoms with Crippen LogP contribution in [-0.4, -0.2) is 36.5 Å². The molecule has 21 heavy (non-hydrogen) atoms. The van der Waals surface area contributed by atoms with Gasteiger partial charge in [-0.25, -0.2) is 0 Å². The van der Waals surface area contributed by atoms with Crippen LogP contribution in [0.4, 0.5) is 5.69 Å². The molecule has 0 amide bonds. The minimum Gasteiger partial charge on any atom is -0.378 e. The zero-order chi connectivity index (χ0) is 16.0. The lowest BCUT2D eigenvalue weighted by Gasteiger charge is -2.34. The topological polar surface area (TPSA) is 43.5 Å². The van der Waals surface area contributed by atoms with Crippen molar-refractivity contribution in [2.45, 2.75) is 38.8 Å². The van der Waals surface area contributed by atoms with Gasteiger partial charge in [0.05, 0.1) is 11.1 Å². The average Bonchev–Trinajstić information content (AvgIpc) is 2.56. The Morgan fingerprint density at radius 3 is 1.95 bits per heavy atom. The standard InChI is InChI=1S/C17H23N2O2/c1-16(2)14(11-20)15(17(3,4)19(16)21)12-7-9-13(10-8-12)18(5)6/h7-11H,1-6H3. The highest BCUT2D eigenvalue weighted by molar-refractivity contribution is 5.95. The molecule has 1 radical (unpaired) electrons. The second-order valence-electron chi connectivity index (χ2n) is 6.76. The summed E-state index contributed by atoms with van der Waals surface area (Å²) < 4.78 is 0. The van der Waals surface area contributed by atoms with Gasteiger partial charge in [0.25, 0.3) is 0 Å². The summed E-state index contributed by atoms with van der Waals surface area (Å²) in [5, 5.41) is 13.6. The molecule has 4 nitrogen and oxygen atoms in total. The van der Waals surface area contributed by atoms with Gasteiger partial charge in [-0.2, -0.15) is 0 Å². The van der Waals surface area contributed by atoms with E-state index in [0.717, 1.165) is 28.2 Å². The van der Waals surface area contributed by atoms with Gasteiger partial charge in [-0.05, 0) is 51.0 Å². The zero-order valence-corrected chi connectivity index (χ0v) is 13.6. The van der Waals surface area contributed by atoms with E-state index >= 15 is 0 Å². The largest absolute Gasteiger partial charge is 0.378 e. The molecule has 0 N–H and O–H groups in total. The normalized spacial score (nSPS) is 20.7. The van der Waals surface area contributed by atoms with Crippen LogP contribution < -0.4 is 4.90 Å². The minimum absolute atomic E-state index is 0.570. The van der Waals surface area contributed by atoms with E-state index in [-0.39, 0.29) is 0 Å². The highest BCUT2D eigenvalue weighted by Crippen LogP contribution is 2.48. The molecule has 4 heteroatoms. The first-order chi connectivity index (χ1) is 9.64. The molecule has 0 saturated heterocycles. The van der Waals surface area contributed by atoms with Crippen molar-refractivity contribution >= 4 is 17.5 Å². The Morgan fingerprint density at radius 2 is 1.52 bits per heavy atom. The van der Waals surface area contributed by atoms with E-state index in [0.29, 0.717) is 5.57 Å². The summed E-state index contributed by atoms with van der Waals surface area (Å²) in [6.07, 6.45) is 0.828. The Balaban J connectivity index is 2.61. The maximum Gasteiger partial charge on any atom is 0.148 e. The highest BCUT2D eigenvalue weighted by Gasteiger charge is 2.52. The van der Waals surface area contributed by atoms with Crippen LogP contribution in [0.2, 0.25) is 0 Å². The Labute approximate surface area is 126 Å². The number of aldehydes is 1. The maximum absolute atomic E-state index is 12.6. The molecule has 0 aliphatic carbocycles. The Bertz CT molecular complexity index is 583. The molecular formula is C17H23N2O2. The van der Waals surface area contributed by atoms with Crippen LogP contribution in [0, 0.1) is 0 Å². The number of carbonyl (C=O) groups is 1. The lowest BCUT2D eigenvalue weighted by Crippen LogP contribution is -2.47. The monoisotopic (exact) mass is 287 g/mol. The molecule has 0 unspecified atom stereocenters. The molecule has 2 rings (SSSR count). The first-order valence-corrected chi connectivity index (χ1v) is 7.09. The molecule has 0 spiro atoms. The van der Waals surface area contributed by atoms with E-state index in [4.69, 9.17) is 0 Å². The molecule has 1 aromatic rings. The molecule has 0 aromatic heterocycles. The third-order valence-corrected chi connectivity index (χ3v) is 4.35. The molecule has 1 aromatic carbocycles. The molecule has 0 bridgehead atoms. The summed E-state index contributed by atoms with van der Waals surface area (Å²) in [6.45, 7) is 7.33. The minimum atomic E-state index is -0.805. The van der Waals surface area contributed by atoms with Crippen LogP contribution in [0.15, 0.2) is 29.8 Å². The van der Waals surface area contributed by atoms with Gasteiger partial charge in [-0.15, -0.1) is 10.3 Å². The third kappa shape index (κ3) is 2.28. The second kappa shape index (κ2) is 4.97. The fourth-order valence-corrected chi connectivity index (χ4v) is 3.18. The quantitative estimate of drug-likeness (QED) is 0.803. The number of carbonyl (C=O) groups excluding carboxylic acids is 1. The lowest BCUT2D eigenvalue weighted by atomic mass is 9.86. The van der Waals surface area contributed by atoms with Gasteiger partial charge in [-0.1, -0.05) is 12.1 Å². The van der Waals surface area contributed by atoms with E-state index in [9.17, 15) is 10.0 Å². The van der Waals surface area contributed by atoms with Crippen molar-refractivity contribution in [3.05, 3.63) is 35.4 Å². The number of rotatable bonds is 3. The van der Waals surface area contributed by atoms with Crippen LogP contribution in [0.1, 0.15) is 33.3 Å². The molecule has 0 saturated carbocycles. The zero-order valence-electron chi connectivity index (χ0n) is 13.6. The molecular weight excluding hydrogens is 264 g/mol. The summed E-state index contributed by atoms with van der Waals surface area (Å²) in [4.78, 5) is 13.6. The van der Waals surface area contributed by atoms with Crippen LogP contribution in [0.25, 0.3) is 5.57 Å². The number of hydrogen-bond acceptors (Lipinski definition) is 3. The fourth-order valence-electron chi connectivity index (χ4n) is 3.18.